The van der Waals surface area contributed by atoms with Crippen LogP contribution in [0.4, 0.5) is 0 Å². The van der Waals surface area contributed by atoms with E-state index in [-0.39, 0.29) is 12.8 Å². The van der Waals surface area contributed by atoms with Crippen molar-refractivity contribution in [2.75, 3.05) is 13.2 Å². The van der Waals surface area contributed by atoms with E-state index >= 15 is 0 Å². The van der Waals surface area contributed by atoms with E-state index in [2.05, 4.69) is 80.7 Å². The Kier molecular flexibility index (Phi) is 33.9. The molecule has 1 saturated carbocycles. The van der Waals surface area contributed by atoms with Crippen molar-refractivity contribution in [2.45, 2.75) is 198 Å². The lowest BCUT2D eigenvalue weighted by molar-refractivity contribution is -0.220. The summed E-state index contributed by atoms with van der Waals surface area (Å²) in [5, 5.41) is 50.1. The highest BCUT2D eigenvalue weighted by Gasteiger charge is 2.51. The van der Waals surface area contributed by atoms with Gasteiger partial charge in [-0.1, -0.05) is 132 Å². The molecule has 0 aliphatic heterocycles. The van der Waals surface area contributed by atoms with E-state index in [1.165, 1.54) is 19.3 Å². The van der Waals surface area contributed by atoms with Crippen LogP contribution < -0.4 is 0 Å². The Morgan fingerprint density at radius 1 is 0.525 bits per heavy atom. The molecule has 14 heteroatoms. The van der Waals surface area contributed by atoms with Gasteiger partial charge in [0.05, 0.1) is 6.61 Å². The first kappa shape index (κ1) is 56.3. The summed E-state index contributed by atoms with van der Waals surface area (Å²) in [5.74, 6) is -1.16. The number of carbonyl (C=O) groups is 2. The minimum absolute atomic E-state index is 0.0391. The lowest BCUT2D eigenvalue weighted by atomic mass is 9.85. The zero-order valence-electron chi connectivity index (χ0n) is 36.9. The van der Waals surface area contributed by atoms with Gasteiger partial charge in [-0.25, -0.2) is 4.57 Å². The summed E-state index contributed by atoms with van der Waals surface area (Å²) in [4.78, 5) is 35.7. The van der Waals surface area contributed by atoms with Crippen LogP contribution in [0.15, 0.2) is 72.9 Å². The van der Waals surface area contributed by atoms with Gasteiger partial charge in [0.1, 0.15) is 43.2 Å². The largest absolute Gasteiger partial charge is 0.472 e. The minimum atomic E-state index is -5.13. The van der Waals surface area contributed by atoms with Crippen molar-refractivity contribution in [3.05, 3.63) is 72.9 Å². The number of aliphatic hydroxyl groups is 5. The van der Waals surface area contributed by atoms with Crippen molar-refractivity contribution < 1.29 is 63.1 Å². The van der Waals surface area contributed by atoms with Crippen LogP contribution in [-0.2, 0) is 32.7 Å². The molecule has 1 fully saturated rings. The number of hydrogen-bond acceptors (Lipinski definition) is 12. The van der Waals surface area contributed by atoms with Gasteiger partial charge in [0.2, 0.25) is 0 Å². The van der Waals surface area contributed by atoms with Gasteiger partial charge in [-0.15, -0.1) is 0 Å². The van der Waals surface area contributed by atoms with Gasteiger partial charge in [-0.05, 0) is 83.5 Å². The van der Waals surface area contributed by atoms with Gasteiger partial charge in [0.15, 0.2) is 6.10 Å². The zero-order valence-corrected chi connectivity index (χ0v) is 37.8. The van der Waals surface area contributed by atoms with Crippen LogP contribution in [0.25, 0.3) is 0 Å². The fraction of sp³-hybridized carbons (Fsp3) is 0.702. The van der Waals surface area contributed by atoms with E-state index < -0.39 is 75.7 Å². The third-order valence-electron chi connectivity index (χ3n) is 10.0. The molecule has 1 aliphatic rings. The summed E-state index contributed by atoms with van der Waals surface area (Å²) < 4.78 is 33.5. The van der Waals surface area contributed by atoms with Gasteiger partial charge in [-0.2, -0.15) is 0 Å². The molecule has 0 saturated heterocycles. The molecule has 13 nitrogen and oxygen atoms in total. The molecule has 0 aromatic carbocycles. The summed E-state index contributed by atoms with van der Waals surface area (Å²) in [7, 11) is -5.13. The average Bonchev–Trinajstić information content (AvgIpc) is 3.24. The molecule has 61 heavy (non-hydrogen) atoms. The molecule has 6 unspecified atom stereocenters. The SMILES string of the molecule is CC/C=C\C/C=C\C/C=C\C/C=C\CCCCC(=O)OC(COC(=O)CCCCCCCCC/C=C\C/C=C\CCCCC)COP(=O)(O)OC1C(O)C(O)C(O)C(O)C1O. The Hall–Kier alpha value is -2.71. The van der Waals surface area contributed by atoms with Crippen LogP contribution in [0.3, 0.4) is 0 Å². The maximum Gasteiger partial charge on any atom is 0.472 e. The maximum atomic E-state index is 12.8. The number of aliphatic hydroxyl groups excluding tert-OH is 5. The van der Waals surface area contributed by atoms with Crippen LogP contribution in [0.1, 0.15) is 155 Å². The van der Waals surface area contributed by atoms with Crippen molar-refractivity contribution in [3.8, 4) is 0 Å². The van der Waals surface area contributed by atoms with Crippen LogP contribution in [-0.4, -0.2) is 98.3 Å². The van der Waals surface area contributed by atoms with E-state index in [1.54, 1.807) is 0 Å². The molecular weight excluding hydrogens is 803 g/mol. The van der Waals surface area contributed by atoms with E-state index in [9.17, 15) is 44.6 Å². The normalized spacial score (nSPS) is 22.7. The maximum absolute atomic E-state index is 12.8. The summed E-state index contributed by atoms with van der Waals surface area (Å²) in [5.41, 5.74) is 0. The van der Waals surface area contributed by atoms with Crippen molar-refractivity contribution in [1.82, 2.24) is 0 Å². The molecule has 1 rings (SSSR count). The third kappa shape index (κ3) is 29.3. The molecule has 6 atom stereocenters. The first-order chi connectivity index (χ1) is 29.4. The quantitative estimate of drug-likeness (QED) is 0.0151. The molecule has 1 aliphatic carbocycles. The lowest BCUT2D eigenvalue weighted by Crippen LogP contribution is -2.64. The Morgan fingerprint density at radius 3 is 1.46 bits per heavy atom. The highest BCUT2D eigenvalue weighted by Crippen LogP contribution is 2.47. The Balaban J connectivity index is 2.50. The van der Waals surface area contributed by atoms with E-state index in [1.807, 2.05) is 6.08 Å². The average molecular weight is 883 g/mol. The van der Waals surface area contributed by atoms with Crippen molar-refractivity contribution in [1.29, 1.82) is 0 Å². The van der Waals surface area contributed by atoms with Crippen molar-refractivity contribution >= 4 is 19.8 Å². The van der Waals surface area contributed by atoms with Crippen molar-refractivity contribution in [2.24, 2.45) is 0 Å². The molecular formula is C47H79O13P. The number of ether oxygens (including phenoxy) is 2. The van der Waals surface area contributed by atoms with Gasteiger partial charge in [-0.3, -0.25) is 18.6 Å². The fourth-order valence-corrected chi connectivity index (χ4v) is 7.34. The second-order valence-corrected chi connectivity index (χ2v) is 16.9. The molecule has 0 amide bonds. The number of phosphoric ester groups is 1. The molecule has 350 valence electrons. The van der Waals surface area contributed by atoms with E-state index in [0.29, 0.717) is 19.3 Å². The number of allylic oxidation sites excluding steroid dienone is 12. The number of unbranched alkanes of at least 4 members (excludes halogenated alkanes) is 12. The first-order valence-corrected chi connectivity index (χ1v) is 24.2. The standard InChI is InChI=1S/C47H79O13P/c1-3-5-7-9-11-13-15-17-19-20-22-23-25-27-29-31-33-35-40(48)57-37-39(38-58-61(55,56)60-47-45(53)43(51)42(50)44(52)46(47)54)59-41(49)36-34-32-30-28-26-24-21-18-16-14-12-10-8-6-4-2/h6,8,11-14,17-19,21,26,28,39,42-47,50-54H,3-5,7,9-10,15-16,20,22-25,27,29-38H2,1-2H3,(H,55,56)/b8-6-,13-11-,14-12-,19-17-,21-18-,28-26-. The smallest absolute Gasteiger partial charge is 0.462 e. The number of phosphoric acid groups is 1. The third-order valence-corrected chi connectivity index (χ3v) is 11.0. The number of carbonyl (C=O) groups excluding carboxylic acids is 2. The lowest BCUT2D eigenvalue weighted by Gasteiger charge is -2.41. The molecule has 6 N–H and O–H groups in total. The highest BCUT2D eigenvalue weighted by molar-refractivity contribution is 7.47. The van der Waals surface area contributed by atoms with E-state index in [4.69, 9.17) is 18.5 Å². The molecule has 0 bridgehead atoms. The zero-order chi connectivity index (χ0) is 45.0. The second-order valence-electron chi connectivity index (χ2n) is 15.5. The molecule has 0 heterocycles. The Bertz CT molecular complexity index is 1340. The van der Waals surface area contributed by atoms with Gasteiger partial charge in [0, 0.05) is 12.8 Å². The Morgan fingerprint density at radius 2 is 0.934 bits per heavy atom. The first-order valence-electron chi connectivity index (χ1n) is 22.7. The van der Waals surface area contributed by atoms with Crippen LogP contribution in [0.5, 0.6) is 0 Å². The summed E-state index contributed by atoms with van der Waals surface area (Å²) in [6.07, 6.45) is 32.4. The van der Waals surface area contributed by atoms with Crippen LogP contribution in [0, 0.1) is 0 Å². The van der Waals surface area contributed by atoms with Crippen molar-refractivity contribution in [3.63, 3.8) is 0 Å². The Labute approximate surface area is 365 Å². The summed E-state index contributed by atoms with van der Waals surface area (Å²) in [6, 6.07) is 0. The minimum Gasteiger partial charge on any atom is -0.462 e. The number of hydrogen-bond donors (Lipinski definition) is 6. The second kappa shape index (κ2) is 36.7. The molecule has 0 spiro atoms. The summed E-state index contributed by atoms with van der Waals surface area (Å²) in [6.45, 7) is 3.10. The topological polar surface area (TPSA) is 210 Å². The van der Waals surface area contributed by atoms with Gasteiger partial charge >= 0.3 is 19.8 Å². The number of esters is 2. The number of rotatable bonds is 36. The predicted molar refractivity (Wildman–Crippen MR) is 239 cm³/mol. The van der Waals surface area contributed by atoms with Crippen LogP contribution >= 0.6 is 7.82 Å². The molecule has 0 aromatic heterocycles. The monoisotopic (exact) mass is 883 g/mol. The van der Waals surface area contributed by atoms with Gasteiger partial charge < -0.3 is 39.9 Å². The summed E-state index contributed by atoms with van der Waals surface area (Å²) >= 11 is 0. The van der Waals surface area contributed by atoms with Crippen LogP contribution in [0.2, 0.25) is 0 Å². The fourth-order valence-electron chi connectivity index (χ4n) is 6.37. The molecule has 0 radical (unpaired) electrons. The molecule has 0 aromatic rings. The van der Waals surface area contributed by atoms with Gasteiger partial charge in [0.25, 0.3) is 0 Å². The highest BCUT2D eigenvalue weighted by atomic mass is 31.2. The van der Waals surface area contributed by atoms with E-state index in [0.717, 1.165) is 89.9 Å². The predicted octanol–water partition coefficient (Wildman–Crippen LogP) is 8.72.